The molecule has 0 aliphatic heterocycles. The monoisotopic (exact) mass is 254 g/mol. The lowest BCUT2D eigenvalue weighted by molar-refractivity contribution is -0.122. The van der Waals surface area contributed by atoms with Crippen LogP contribution in [0.3, 0.4) is 0 Å². The van der Waals surface area contributed by atoms with Crippen molar-refractivity contribution >= 4 is 17.5 Å². The van der Waals surface area contributed by atoms with Gasteiger partial charge in [-0.2, -0.15) is 0 Å². The molecular formula is C11H18N4OS. The number of hydrogen-bond donors (Lipinski definition) is 0. The van der Waals surface area contributed by atoms with Gasteiger partial charge in [0.2, 0.25) is 5.16 Å². The first-order valence-corrected chi connectivity index (χ1v) is 7.14. The highest BCUT2D eigenvalue weighted by molar-refractivity contribution is 7.99. The Morgan fingerprint density at radius 1 is 1.47 bits per heavy atom. The first-order valence-electron chi connectivity index (χ1n) is 6.15. The highest BCUT2D eigenvalue weighted by Gasteiger charge is 2.21. The number of aryl methyl sites for hydroxylation is 1. The van der Waals surface area contributed by atoms with Crippen LogP contribution in [0.1, 0.15) is 38.5 Å². The van der Waals surface area contributed by atoms with Crippen molar-refractivity contribution in [3.05, 3.63) is 0 Å². The molecule has 1 fully saturated rings. The molecule has 0 bridgehead atoms. The fourth-order valence-corrected chi connectivity index (χ4v) is 2.99. The van der Waals surface area contributed by atoms with Crippen LogP contribution in [0, 0.1) is 5.92 Å². The third-order valence-corrected chi connectivity index (χ3v) is 4.29. The molecule has 1 aromatic heterocycles. The van der Waals surface area contributed by atoms with E-state index in [0.717, 1.165) is 30.2 Å². The van der Waals surface area contributed by atoms with E-state index in [1.807, 2.05) is 7.05 Å². The van der Waals surface area contributed by atoms with Gasteiger partial charge in [-0.25, -0.2) is 4.68 Å². The summed E-state index contributed by atoms with van der Waals surface area (Å²) in [6, 6.07) is 0. The summed E-state index contributed by atoms with van der Waals surface area (Å²) in [7, 11) is 1.83. The number of tetrazole rings is 1. The summed E-state index contributed by atoms with van der Waals surface area (Å²) in [6.07, 6.45) is 6.32. The molecule has 2 rings (SSSR count). The molecule has 1 aromatic rings. The van der Waals surface area contributed by atoms with E-state index >= 15 is 0 Å². The van der Waals surface area contributed by atoms with Gasteiger partial charge in [0.1, 0.15) is 5.78 Å². The highest BCUT2D eigenvalue weighted by atomic mass is 32.2. The Morgan fingerprint density at radius 2 is 2.24 bits per heavy atom. The molecule has 5 nitrogen and oxygen atoms in total. The summed E-state index contributed by atoms with van der Waals surface area (Å²) in [5.74, 6) is 1.72. The van der Waals surface area contributed by atoms with E-state index in [-0.39, 0.29) is 0 Å². The Bertz CT molecular complexity index is 373. The van der Waals surface area contributed by atoms with Gasteiger partial charge in [0, 0.05) is 25.1 Å². The Labute approximate surface area is 105 Å². The lowest BCUT2D eigenvalue weighted by Gasteiger charge is -2.06. The zero-order valence-corrected chi connectivity index (χ0v) is 10.9. The molecule has 0 radical (unpaired) electrons. The van der Waals surface area contributed by atoms with Crippen LogP contribution in [-0.4, -0.2) is 31.7 Å². The number of thioether (sulfide) groups is 1. The predicted octanol–water partition coefficient (Wildman–Crippen LogP) is 1.84. The predicted molar refractivity (Wildman–Crippen MR) is 65.7 cm³/mol. The molecule has 0 atom stereocenters. The smallest absolute Gasteiger partial charge is 0.209 e. The normalized spacial score (nSPS) is 16.5. The minimum absolute atomic E-state index is 0.358. The number of carbonyl (C=O) groups excluding carboxylic acids is 1. The van der Waals surface area contributed by atoms with Crippen LogP contribution in [0.25, 0.3) is 0 Å². The van der Waals surface area contributed by atoms with Crippen molar-refractivity contribution in [3.8, 4) is 0 Å². The van der Waals surface area contributed by atoms with Gasteiger partial charge in [0.15, 0.2) is 0 Å². The average molecular weight is 254 g/mol. The van der Waals surface area contributed by atoms with E-state index in [1.165, 1.54) is 12.8 Å². The van der Waals surface area contributed by atoms with Crippen LogP contribution < -0.4 is 0 Å². The summed E-state index contributed by atoms with van der Waals surface area (Å²) in [5, 5.41) is 12.0. The second kappa shape index (κ2) is 6.14. The Balaban J connectivity index is 1.63. The second-order valence-electron chi connectivity index (χ2n) is 4.48. The highest BCUT2D eigenvalue weighted by Crippen LogP contribution is 2.27. The minimum Gasteiger partial charge on any atom is -0.299 e. The van der Waals surface area contributed by atoms with Gasteiger partial charge in [0.25, 0.3) is 0 Å². The van der Waals surface area contributed by atoms with Crippen LogP contribution in [0.4, 0.5) is 0 Å². The molecule has 1 aliphatic carbocycles. The lowest BCUT2D eigenvalue weighted by Crippen LogP contribution is -2.10. The average Bonchev–Trinajstić information content (AvgIpc) is 2.96. The number of rotatable bonds is 6. The maximum Gasteiger partial charge on any atom is 0.209 e. The van der Waals surface area contributed by atoms with Crippen molar-refractivity contribution in [2.45, 2.75) is 43.7 Å². The van der Waals surface area contributed by atoms with E-state index < -0.39 is 0 Å². The van der Waals surface area contributed by atoms with Gasteiger partial charge in [0.05, 0.1) is 0 Å². The van der Waals surface area contributed by atoms with E-state index in [9.17, 15) is 4.79 Å². The van der Waals surface area contributed by atoms with Crippen LogP contribution in [0.5, 0.6) is 0 Å². The van der Waals surface area contributed by atoms with Crippen molar-refractivity contribution in [1.29, 1.82) is 0 Å². The standard InChI is InChI=1S/C11H18N4OS/c1-15-11(12-13-14-15)17-8-4-7-10(16)9-5-2-3-6-9/h9H,2-8H2,1H3. The molecule has 0 N–H and O–H groups in total. The number of Topliss-reactive ketones (excluding diaryl/α,β-unsaturated/α-hetero) is 1. The largest absolute Gasteiger partial charge is 0.299 e. The van der Waals surface area contributed by atoms with Gasteiger partial charge < -0.3 is 0 Å². The molecule has 0 saturated heterocycles. The SMILES string of the molecule is Cn1nnnc1SCCCC(=O)C1CCCC1. The van der Waals surface area contributed by atoms with Crippen LogP contribution in [0.15, 0.2) is 5.16 Å². The van der Waals surface area contributed by atoms with Crippen molar-refractivity contribution in [3.63, 3.8) is 0 Å². The van der Waals surface area contributed by atoms with Gasteiger partial charge in [-0.15, -0.1) is 5.10 Å². The maximum absolute atomic E-state index is 11.8. The fourth-order valence-electron chi connectivity index (χ4n) is 2.21. The van der Waals surface area contributed by atoms with E-state index in [0.29, 0.717) is 18.1 Å². The van der Waals surface area contributed by atoms with Gasteiger partial charge in [-0.05, 0) is 29.7 Å². The van der Waals surface area contributed by atoms with Crippen LogP contribution >= 0.6 is 11.8 Å². The molecule has 1 aliphatic rings. The second-order valence-corrected chi connectivity index (χ2v) is 5.55. The molecule has 17 heavy (non-hydrogen) atoms. The quantitative estimate of drug-likeness (QED) is 0.572. The zero-order chi connectivity index (χ0) is 12.1. The summed E-state index contributed by atoms with van der Waals surface area (Å²) in [4.78, 5) is 11.8. The molecule has 6 heteroatoms. The van der Waals surface area contributed by atoms with Crippen molar-refractivity contribution in [2.75, 3.05) is 5.75 Å². The number of ketones is 1. The molecule has 0 aromatic carbocycles. The molecule has 0 amide bonds. The fraction of sp³-hybridized carbons (Fsp3) is 0.818. The Hall–Kier alpha value is -0.910. The lowest BCUT2D eigenvalue weighted by atomic mass is 9.99. The first-order chi connectivity index (χ1) is 8.27. The first kappa shape index (κ1) is 12.5. The van der Waals surface area contributed by atoms with Crippen molar-refractivity contribution < 1.29 is 4.79 Å². The van der Waals surface area contributed by atoms with Gasteiger partial charge in [-0.3, -0.25) is 4.79 Å². The Morgan fingerprint density at radius 3 is 2.88 bits per heavy atom. The van der Waals surface area contributed by atoms with E-state index in [2.05, 4.69) is 15.5 Å². The van der Waals surface area contributed by atoms with E-state index in [4.69, 9.17) is 0 Å². The van der Waals surface area contributed by atoms with Gasteiger partial charge in [-0.1, -0.05) is 24.6 Å². The molecule has 0 spiro atoms. The summed E-state index contributed by atoms with van der Waals surface area (Å²) in [5.41, 5.74) is 0. The molecule has 1 heterocycles. The summed E-state index contributed by atoms with van der Waals surface area (Å²) in [6.45, 7) is 0. The van der Waals surface area contributed by atoms with Crippen molar-refractivity contribution in [2.24, 2.45) is 13.0 Å². The van der Waals surface area contributed by atoms with Crippen LogP contribution in [0.2, 0.25) is 0 Å². The van der Waals surface area contributed by atoms with Crippen LogP contribution in [-0.2, 0) is 11.8 Å². The number of aromatic nitrogens is 4. The third-order valence-electron chi connectivity index (χ3n) is 3.19. The third kappa shape index (κ3) is 3.52. The molecule has 0 unspecified atom stereocenters. The Kier molecular flexibility index (Phi) is 4.53. The van der Waals surface area contributed by atoms with Gasteiger partial charge >= 0.3 is 0 Å². The number of carbonyl (C=O) groups is 1. The summed E-state index contributed by atoms with van der Waals surface area (Å²) >= 11 is 1.61. The van der Waals surface area contributed by atoms with E-state index in [1.54, 1.807) is 16.4 Å². The minimum atomic E-state index is 0.358. The molecule has 94 valence electrons. The number of nitrogens with zero attached hydrogens (tertiary/aromatic N) is 4. The number of hydrogen-bond acceptors (Lipinski definition) is 5. The molecular weight excluding hydrogens is 236 g/mol. The van der Waals surface area contributed by atoms with Crippen molar-refractivity contribution in [1.82, 2.24) is 20.2 Å². The molecule has 1 saturated carbocycles. The summed E-state index contributed by atoms with van der Waals surface area (Å²) < 4.78 is 1.66. The topological polar surface area (TPSA) is 60.7 Å². The zero-order valence-electron chi connectivity index (χ0n) is 10.1. The maximum atomic E-state index is 11.8.